The van der Waals surface area contributed by atoms with E-state index < -0.39 is 5.63 Å². The molecule has 3 aromatic rings. The van der Waals surface area contributed by atoms with Crippen LogP contribution in [0.5, 0.6) is 0 Å². The molecule has 0 bridgehead atoms. The van der Waals surface area contributed by atoms with Gasteiger partial charge in [-0.3, -0.25) is 9.32 Å². The molecule has 0 saturated carbocycles. The molecule has 0 spiro atoms. The van der Waals surface area contributed by atoms with Crippen LogP contribution in [0.1, 0.15) is 49.6 Å². The van der Waals surface area contributed by atoms with Crippen molar-refractivity contribution in [2.75, 3.05) is 11.1 Å². The number of aromatic amines is 1. The number of hydrogen-bond acceptors (Lipinski definition) is 6. The van der Waals surface area contributed by atoms with Crippen molar-refractivity contribution in [2.24, 2.45) is 11.3 Å². The van der Waals surface area contributed by atoms with Gasteiger partial charge in [0.15, 0.2) is 0 Å². The fourth-order valence-corrected chi connectivity index (χ4v) is 6.30. The molecule has 9 heteroatoms. The SMILES string of the molecule is CC(C)(C)C1CCc2c(sc(NC(=O)CCSc3c(=O)o[nH][n+]3-c3ccccc3)c2C#N)C1. The highest BCUT2D eigenvalue weighted by atomic mass is 32.2. The third-order valence-electron chi connectivity index (χ3n) is 6.04. The molecule has 0 saturated heterocycles. The van der Waals surface area contributed by atoms with E-state index in [0.29, 0.717) is 27.3 Å². The molecule has 2 aromatic heterocycles. The highest BCUT2D eigenvalue weighted by Crippen LogP contribution is 2.44. The monoisotopic (exact) mass is 483 g/mol. The molecule has 1 atom stereocenters. The third-order valence-corrected chi connectivity index (χ3v) is 8.25. The second-order valence-corrected chi connectivity index (χ2v) is 11.4. The Morgan fingerprint density at radius 1 is 1.36 bits per heavy atom. The van der Waals surface area contributed by atoms with E-state index in [1.807, 2.05) is 30.3 Å². The maximum atomic E-state index is 12.6. The molecule has 0 fully saturated rings. The second-order valence-electron chi connectivity index (χ2n) is 9.23. The number of carbonyl (C=O) groups excluding carboxylic acids is 1. The Bertz CT molecular complexity index is 1250. The van der Waals surface area contributed by atoms with Crippen LogP contribution in [0, 0.1) is 22.7 Å². The third kappa shape index (κ3) is 5.07. The van der Waals surface area contributed by atoms with Gasteiger partial charge < -0.3 is 5.32 Å². The zero-order valence-electron chi connectivity index (χ0n) is 18.9. The minimum atomic E-state index is -0.477. The van der Waals surface area contributed by atoms with Gasteiger partial charge in [0.2, 0.25) is 11.6 Å². The predicted molar refractivity (Wildman–Crippen MR) is 129 cm³/mol. The van der Waals surface area contributed by atoms with E-state index in [1.54, 1.807) is 4.68 Å². The number of hydrogen-bond donors (Lipinski definition) is 2. The summed E-state index contributed by atoms with van der Waals surface area (Å²) < 4.78 is 6.51. The van der Waals surface area contributed by atoms with E-state index in [2.05, 4.69) is 37.4 Å². The van der Waals surface area contributed by atoms with E-state index in [-0.39, 0.29) is 17.7 Å². The van der Waals surface area contributed by atoms with Crippen molar-refractivity contribution in [1.29, 1.82) is 5.26 Å². The molecule has 2 heterocycles. The first-order valence-corrected chi connectivity index (χ1v) is 12.7. The average molecular weight is 484 g/mol. The number of benzene rings is 1. The number of nitriles is 1. The number of thiophene rings is 1. The van der Waals surface area contributed by atoms with Gasteiger partial charge in [-0.05, 0) is 57.9 Å². The first-order chi connectivity index (χ1) is 15.8. The molecule has 1 aromatic carbocycles. The van der Waals surface area contributed by atoms with E-state index in [1.165, 1.54) is 28.0 Å². The molecule has 1 unspecified atom stereocenters. The first kappa shape index (κ1) is 23.3. The normalized spacial score (nSPS) is 15.6. The largest absolute Gasteiger partial charge is 0.442 e. The maximum Gasteiger partial charge on any atom is 0.442 e. The topological polar surface area (TPSA) is 103 Å². The van der Waals surface area contributed by atoms with Crippen molar-refractivity contribution < 1.29 is 14.0 Å². The molecule has 1 aliphatic carbocycles. The zero-order valence-corrected chi connectivity index (χ0v) is 20.6. The number of anilines is 1. The van der Waals surface area contributed by atoms with Gasteiger partial charge in [-0.2, -0.15) is 5.26 Å². The van der Waals surface area contributed by atoms with Crippen LogP contribution in [0.4, 0.5) is 5.00 Å². The van der Waals surface area contributed by atoms with Crippen molar-refractivity contribution >= 4 is 34.0 Å². The predicted octanol–water partition coefficient (Wildman–Crippen LogP) is 4.45. The molecule has 0 aliphatic heterocycles. The van der Waals surface area contributed by atoms with Gasteiger partial charge in [-0.25, -0.2) is 4.79 Å². The maximum absolute atomic E-state index is 12.6. The molecule has 4 rings (SSSR count). The van der Waals surface area contributed by atoms with Crippen LogP contribution in [0.3, 0.4) is 0 Å². The van der Waals surface area contributed by atoms with Crippen LogP contribution < -0.4 is 15.6 Å². The van der Waals surface area contributed by atoms with Crippen molar-refractivity contribution in [3.63, 3.8) is 0 Å². The number of H-pyrrole nitrogens is 1. The lowest BCUT2D eigenvalue weighted by atomic mass is 9.72. The van der Waals surface area contributed by atoms with Crippen LogP contribution in [-0.4, -0.2) is 16.9 Å². The zero-order chi connectivity index (χ0) is 23.6. The number of aromatic nitrogens is 2. The number of nitrogens with one attached hydrogen (secondary N) is 2. The molecular weight excluding hydrogens is 456 g/mol. The van der Waals surface area contributed by atoms with Crippen LogP contribution in [0.2, 0.25) is 0 Å². The van der Waals surface area contributed by atoms with Gasteiger partial charge in [0.05, 0.1) is 5.56 Å². The fourth-order valence-electron chi connectivity index (χ4n) is 4.09. The van der Waals surface area contributed by atoms with Gasteiger partial charge >= 0.3 is 10.7 Å². The summed E-state index contributed by atoms with van der Waals surface area (Å²) in [7, 11) is 0. The molecule has 2 N–H and O–H groups in total. The summed E-state index contributed by atoms with van der Waals surface area (Å²) in [6, 6.07) is 11.6. The van der Waals surface area contributed by atoms with Gasteiger partial charge in [0.25, 0.3) is 0 Å². The quantitative estimate of drug-likeness (QED) is 0.398. The van der Waals surface area contributed by atoms with Crippen LogP contribution in [0.15, 0.2) is 44.7 Å². The number of para-hydroxylation sites is 1. The summed E-state index contributed by atoms with van der Waals surface area (Å²) >= 11 is 2.79. The molecule has 0 radical (unpaired) electrons. The molecule has 33 heavy (non-hydrogen) atoms. The number of amides is 1. The Kier molecular flexibility index (Phi) is 6.77. The molecule has 172 valence electrons. The molecule has 1 aliphatic rings. The average Bonchev–Trinajstić information content (AvgIpc) is 3.32. The van der Waals surface area contributed by atoms with Gasteiger partial charge in [0, 0.05) is 29.2 Å². The van der Waals surface area contributed by atoms with Gasteiger partial charge in [0.1, 0.15) is 11.1 Å². The lowest BCUT2D eigenvalue weighted by Crippen LogP contribution is -2.36. The van der Waals surface area contributed by atoms with Crippen LogP contribution in [-0.2, 0) is 17.6 Å². The van der Waals surface area contributed by atoms with Crippen LogP contribution in [0.25, 0.3) is 5.69 Å². The number of carbonyl (C=O) groups is 1. The van der Waals surface area contributed by atoms with Crippen molar-refractivity contribution in [1.82, 2.24) is 5.27 Å². The van der Waals surface area contributed by atoms with Gasteiger partial charge in [-0.1, -0.05) is 39.0 Å². The van der Waals surface area contributed by atoms with E-state index in [4.69, 9.17) is 4.52 Å². The van der Waals surface area contributed by atoms with Crippen LogP contribution >= 0.6 is 23.1 Å². The molecular formula is C24H27N4O3S2+. The summed E-state index contributed by atoms with van der Waals surface area (Å²) in [5.41, 5.74) is 2.22. The summed E-state index contributed by atoms with van der Waals surface area (Å²) in [6.07, 6.45) is 3.10. The lowest BCUT2D eigenvalue weighted by Gasteiger charge is -2.33. The Hall–Kier alpha value is -2.83. The van der Waals surface area contributed by atoms with Crippen molar-refractivity contribution in [2.45, 2.75) is 51.5 Å². The Morgan fingerprint density at radius 2 is 2.12 bits per heavy atom. The Balaban J connectivity index is 1.40. The standard InChI is InChI=1S/C24H26N4O3S2/c1-24(2,3)15-9-10-17-18(14-25)21(33-19(17)13-15)26-20(29)11-12-32-22-23(30)31-27-28(22)16-7-5-4-6-8-16/h4-8,15H,9-13H2,1-3H3,(H-,26,27,29,30)/p+1. The Labute approximate surface area is 200 Å². The first-order valence-electron chi connectivity index (χ1n) is 10.9. The van der Waals surface area contributed by atoms with E-state index >= 15 is 0 Å². The highest BCUT2D eigenvalue weighted by Gasteiger charge is 2.32. The number of fused-ring (bicyclic) bond motifs is 1. The summed E-state index contributed by atoms with van der Waals surface area (Å²) in [4.78, 5) is 26.0. The minimum Gasteiger partial charge on any atom is -0.317 e. The second kappa shape index (κ2) is 9.57. The summed E-state index contributed by atoms with van der Waals surface area (Å²) in [5, 5.41) is 16.3. The lowest BCUT2D eigenvalue weighted by molar-refractivity contribution is -0.704. The van der Waals surface area contributed by atoms with Gasteiger partial charge in [-0.15, -0.1) is 11.3 Å². The van der Waals surface area contributed by atoms with Crippen molar-refractivity contribution in [3.8, 4) is 11.8 Å². The molecule has 1 amide bonds. The number of rotatable bonds is 6. The number of nitrogens with zero attached hydrogens (tertiary/aromatic N) is 2. The Morgan fingerprint density at radius 3 is 2.82 bits per heavy atom. The summed E-state index contributed by atoms with van der Waals surface area (Å²) in [6.45, 7) is 6.78. The highest BCUT2D eigenvalue weighted by molar-refractivity contribution is 7.99. The number of thioether (sulfide) groups is 1. The van der Waals surface area contributed by atoms with Crippen molar-refractivity contribution in [3.05, 3.63) is 56.8 Å². The van der Waals surface area contributed by atoms with E-state index in [9.17, 15) is 14.9 Å². The molecule has 7 nitrogen and oxygen atoms in total. The minimum absolute atomic E-state index is 0.170. The fraction of sp³-hybridized carbons (Fsp3) is 0.417. The summed E-state index contributed by atoms with van der Waals surface area (Å²) in [5.74, 6) is 0.802. The van der Waals surface area contributed by atoms with E-state index in [0.717, 1.165) is 30.5 Å². The smallest absolute Gasteiger partial charge is 0.317 e.